The monoisotopic (exact) mass is 402 g/mol. The van der Waals surface area contributed by atoms with E-state index in [-0.39, 0.29) is 25.9 Å². The van der Waals surface area contributed by atoms with Gasteiger partial charge >= 0.3 is 18.2 Å². The van der Waals surface area contributed by atoms with Crippen LogP contribution < -0.4 is 5.32 Å². The van der Waals surface area contributed by atoms with Crippen LogP contribution in [0, 0.1) is 5.92 Å². The second-order valence-electron chi connectivity index (χ2n) is 6.37. The number of esters is 1. The Morgan fingerprint density at radius 1 is 1.18 bits per heavy atom. The van der Waals surface area contributed by atoms with Gasteiger partial charge in [0.15, 0.2) is 12.7 Å². The van der Waals surface area contributed by atoms with E-state index in [2.05, 4.69) is 10.1 Å². The highest BCUT2D eigenvalue weighted by Gasteiger charge is 2.34. The third-order valence-corrected chi connectivity index (χ3v) is 4.15. The van der Waals surface area contributed by atoms with E-state index in [1.54, 1.807) is 30.3 Å². The van der Waals surface area contributed by atoms with Crippen molar-refractivity contribution >= 4 is 23.7 Å². The van der Waals surface area contributed by atoms with E-state index >= 15 is 0 Å². The van der Waals surface area contributed by atoms with Crippen LogP contribution in [0.15, 0.2) is 30.3 Å². The molecule has 1 aliphatic rings. The van der Waals surface area contributed by atoms with Crippen molar-refractivity contribution in [2.75, 3.05) is 25.0 Å². The number of amides is 2. The summed E-state index contributed by atoms with van der Waals surface area (Å²) in [4.78, 5) is 37.0. The minimum Gasteiger partial charge on any atom is -0.452 e. The number of rotatable bonds is 5. The molecule has 0 saturated carbocycles. The molecule has 1 fully saturated rings. The van der Waals surface area contributed by atoms with Crippen LogP contribution in [-0.4, -0.2) is 54.8 Å². The first-order chi connectivity index (χ1) is 13.2. The van der Waals surface area contributed by atoms with Gasteiger partial charge in [0.2, 0.25) is 0 Å². The number of hydrogen-bond donors (Lipinski definition) is 1. The molecule has 1 aromatic carbocycles. The van der Waals surface area contributed by atoms with Gasteiger partial charge in [-0.2, -0.15) is 13.2 Å². The van der Waals surface area contributed by atoms with Crippen molar-refractivity contribution in [3.63, 3.8) is 0 Å². The maximum Gasteiger partial charge on any atom is 0.422 e. The minimum absolute atomic E-state index is 0.0705. The number of likely N-dealkylation sites (tertiary alicyclic amines) is 1. The van der Waals surface area contributed by atoms with E-state index in [0.29, 0.717) is 5.69 Å². The molecule has 10 heteroatoms. The SMILES string of the molecule is CC(OC(=O)C1CCN(C(=O)OCC(F)(F)F)CC1)C(=O)Nc1ccccc1. The van der Waals surface area contributed by atoms with Gasteiger partial charge in [0.1, 0.15) is 0 Å². The minimum atomic E-state index is -4.59. The molecule has 0 radical (unpaired) electrons. The van der Waals surface area contributed by atoms with Gasteiger partial charge in [-0.05, 0) is 31.9 Å². The molecule has 2 amide bonds. The molecule has 1 saturated heterocycles. The number of carbonyl (C=O) groups excluding carboxylic acids is 3. The Labute approximate surface area is 159 Å². The van der Waals surface area contributed by atoms with Crippen molar-refractivity contribution in [2.24, 2.45) is 5.92 Å². The average molecular weight is 402 g/mol. The number of alkyl halides is 3. The number of ether oxygens (including phenoxy) is 2. The molecule has 0 spiro atoms. The Kier molecular flexibility index (Phi) is 7.24. The highest BCUT2D eigenvalue weighted by Crippen LogP contribution is 2.21. The summed E-state index contributed by atoms with van der Waals surface area (Å²) in [6, 6.07) is 8.68. The average Bonchev–Trinajstić information content (AvgIpc) is 2.66. The zero-order valence-electron chi connectivity index (χ0n) is 15.2. The van der Waals surface area contributed by atoms with Gasteiger partial charge in [-0.3, -0.25) is 9.59 Å². The first-order valence-corrected chi connectivity index (χ1v) is 8.70. The lowest BCUT2D eigenvalue weighted by molar-refractivity contribution is -0.163. The molecule has 1 atom stereocenters. The first-order valence-electron chi connectivity index (χ1n) is 8.70. The van der Waals surface area contributed by atoms with Gasteiger partial charge in [0.25, 0.3) is 5.91 Å². The van der Waals surface area contributed by atoms with Crippen LogP contribution in [0.4, 0.5) is 23.7 Å². The van der Waals surface area contributed by atoms with Crippen molar-refractivity contribution in [3.8, 4) is 0 Å². The number of anilines is 1. The van der Waals surface area contributed by atoms with Gasteiger partial charge < -0.3 is 19.7 Å². The number of benzene rings is 1. The molecule has 0 aromatic heterocycles. The maximum absolute atomic E-state index is 12.2. The first kappa shape index (κ1) is 21.5. The summed E-state index contributed by atoms with van der Waals surface area (Å²) < 4.78 is 45.6. The van der Waals surface area contributed by atoms with E-state index < -0.39 is 42.8 Å². The van der Waals surface area contributed by atoms with Crippen molar-refractivity contribution in [1.82, 2.24) is 4.90 Å². The summed E-state index contributed by atoms with van der Waals surface area (Å²) in [5.74, 6) is -1.61. The van der Waals surface area contributed by atoms with Crippen molar-refractivity contribution in [2.45, 2.75) is 32.0 Å². The van der Waals surface area contributed by atoms with Gasteiger partial charge in [0, 0.05) is 18.8 Å². The summed E-state index contributed by atoms with van der Waals surface area (Å²) in [6.45, 7) is -0.0657. The standard InChI is InChI=1S/C18H21F3N2O5/c1-12(15(24)22-14-5-3-2-4-6-14)28-16(25)13-7-9-23(10-8-13)17(26)27-11-18(19,20)21/h2-6,12-13H,7-11H2,1H3,(H,22,24). The van der Waals surface area contributed by atoms with Gasteiger partial charge in [-0.25, -0.2) is 4.79 Å². The molecule has 0 bridgehead atoms. The number of para-hydroxylation sites is 1. The zero-order valence-corrected chi connectivity index (χ0v) is 15.2. The lowest BCUT2D eigenvalue weighted by atomic mass is 9.97. The third-order valence-electron chi connectivity index (χ3n) is 4.15. The maximum atomic E-state index is 12.2. The number of halogens is 3. The number of nitrogens with zero attached hydrogens (tertiary/aromatic N) is 1. The summed E-state index contributed by atoms with van der Waals surface area (Å²) >= 11 is 0. The Hall–Kier alpha value is -2.78. The molecule has 1 unspecified atom stereocenters. The van der Waals surface area contributed by atoms with E-state index in [1.807, 2.05) is 0 Å². The summed E-state index contributed by atoms with van der Waals surface area (Å²) in [5.41, 5.74) is 0.570. The van der Waals surface area contributed by atoms with Gasteiger partial charge in [0.05, 0.1) is 5.92 Å². The normalized spacial score (nSPS) is 16.2. The molecule has 1 aliphatic heterocycles. The second-order valence-corrected chi connectivity index (χ2v) is 6.37. The molecule has 2 rings (SSSR count). The van der Waals surface area contributed by atoms with Crippen LogP contribution in [0.1, 0.15) is 19.8 Å². The highest BCUT2D eigenvalue weighted by atomic mass is 19.4. The Balaban J connectivity index is 1.75. The smallest absolute Gasteiger partial charge is 0.422 e. The molecule has 28 heavy (non-hydrogen) atoms. The Bertz CT molecular complexity index is 688. The topological polar surface area (TPSA) is 84.9 Å². The van der Waals surface area contributed by atoms with Gasteiger partial charge in [-0.15, -0.1) is 0 Å². The second kappa shape index (κ2) is 9.43. The molecule has 1 aromatic rings. The number of carbonyl (C=O) groups is 3. The van der Waals surface area contributed by atoms with Crippen LogP contribution in [0.3, 0.4) is 0 Å². The molecule has 1 N–H and O–H groups in total. The lowest BCUT2D eigenvalue weighted by Gasteiger charge is -2.30. The fourth-order valence-electron chi connectivity index (χ4n) is 2.62. The Morgan fingerprint density at radius 3 is 2.36 bits per heavy atom. The Morgan fingerprint density at radius 2 is 1.79 bits per heavy atom. The predicted molar refractivity (Wildman–Crippen MR) is 92.3 cm³/mol. The molecule has 7 nitrogen and oxygen atoms in total. The molecule has 1 heterocycles. The predicted octanol–water partition coefficient (Wildman–Crippen LogP) is 2.97. The number of nitrogens with one attached hydrogen (secondary N) is 1. The summed E-state index contributed by atoms with van der Waals surface area (Å²) in [6.07, 6.45) is -6.24. The van der Waals surface area contributed by atoms with E-state index in [1.165, 1.54) is 6.92 Å². The molecular formula is C18H21F3N2O5. The van der Waals surface area contributed by atoms with Crippen LogP contribution >= 0.6 is 0 Å². The van der Waals surface area contributed by atoms with Crippen molar-refractivity contribution in [1.29, 1.82) is 0 Å². The fraction of sp³-hybridized carbons (Fsp3) is 0.500. The van der Waals surface area contributed by atoms with Crippen LogP contribution in [0.5, 0.6) is 0 Å². The van der Waals surface area contributed by atoms with Crippen LogP contribution in [0.25, 0.3) is 0 Å². The highest BCUT2D eigenvalue weighted by molar-refractivity contribution is 5.95. The van der Waals surface area contributed by atoms with Crippen LogP contribution in [0.2, 0.25) is 0 Å². The number of hydrogen-bond acceptors (Lipinski definition) is 5. The molecule has 154 valence electrons. The third kappa shape index (κ3) is 6.75. The summed E-state index contributed by atoms with van der Waals surface area (Å²) in [5, 5.41) is 2.62. The van der Waals surface area contributed by atoms with Crippen molar-refractivity contribution < 1.29 is 37.0 Å². The zero-order chi connectivity index (χ0) is 20.7. The summed E-state index contributed by atoms with van der Waals surface area (Å²) in [7, 11) is 0. The lowest BCUT2D eigenvalue weighted by Crippen LogP contribution is -2.42. The molecule has 0 aliphatic carbocycles. The molecular weight excluding hydrogens is 381 g/mol. The fourth-order valence-corrected chi connectivity index (χ4v) is 2.62. The number of piperidine rings is 1. The van der Waals surface area contributed by atoms with E-state index in [9.17, 15) is 27.6 Å². The van der Waals surface area contributed by atoms with E-state index in [0.717, 1.165) is 4.90 Å². The quantitative estimate of drug-likeness (QED) is 0.766. The van der Waals surface area contributed by atoms with Gasteiger partial charge in [-0.1, -0.05) is 18.2 Å². The van der Waals surface area contributed by atoms with Crippen LogP contribution in [-0.2, 0) is 19.1 Å². The largest absolute Gasteiger partial charge is 0.452 e. The van der Waals surface area contributed by atoms with E-state index in [4.69, 9.17) is 4.74 Å². The van der Waals surface area contributed by atoms with Crippen molar-refractivity contribution in [3.05, 3.63) is 30.3 Å².